The molecule has 0 spiro atoms. The van der Waals surface area contributed by atoms with Gasteiger partial charge in [-0.1, -0.05) is 41.9 Å². The Morgan fingerprint density at radius 3 is 2.64 bits per heavy atom. The van der Waals surface area contributed by atoms with Gasteiger partial charge in [-0.15, -0.1) is 0 Å². The zero-order valence-electron chi connectivity index (χ0n) is 13.3. The summed E-state index contributed by atoms with van der Waals surface area (Å²) in [6.07, 6.45) is 1.27. The van der Waals surface area contributed by atoms with Gasteiger partial charge in [-0.2, -0.15) is 5.10 Å². The van der Waals surface area contributed by atoms with Crippen LogP contribution in [-0.2, 0) is 16.1 Å². The van der Waals surface area contributed by atoms with Crippen LogP contribution in [0.2, 0.25) is 5.02 Å². The van der Waals surface area contributed by atoms with Crippen LogP contribution in [-0.4, -0.2) is 30.2 Å². The highest BCUT2D eigenvalue weighted by atomic mass is 35.5. The van der Waals surface area contributed by atoms with Crippen LogP contribution in [0.3, 0.4) is 0 Å². The molecule has 2 rings (SSSR count). The summed E-state index contributed by atoms with van der Waals surface area (Å²) < 4.78 is 4.96. The Labute approximate surface area is 149 Å². The van der Waals surface area contributed by atoms with E-state index in [0.29, 0.717) is 5.56 Å². The van der Waals surface area contributed by atoms with Gasteiger partial charge in [0.05, 0.1) is 18.3 Å². The van der Waals surface area contributed by atoms with Gasteiger partial charge in [0.1, 0.15) is 0 Å². The lowest BCUT2D eigenvalue weighted by molar-refractivity contribution is -0.139. The molecule has 0 aliphatic carbocycles. The third kappa shape index (κ3) is 5.22. The molecule has 2 aromatic carbocycles. The standard InChI is InChI=1S/C17H16ClN3O4/c1-25-14-8-12(7-13(18)15(14)22)10-20-21-17(24)16(23)19-9-11-5-3-2-4-6-11/h2-8,10,22H,9H2,1H3,(H,19,23)(H,21,24)/b20-10-. The average molecular weight is 362 g/mol. The molecule has 7 nitrogen and oxygen atoms in total. The van der Waals surface area contributed by atoms with Crippen LogP contribution in [0.25, 0.3) is 0 Å². The van der Waals surface area contributed by atoms with Gasteiger partial charge < -0.3 is 15.2 Å². The summed E-state index contributed by atoms with van der Waals surface area (Å²) in [5.74, 6) is -1.72. The van der Waals surface area contributed by atoms with Crippen molar-refractivity contribution in [2.24, 2.45) is 5.10 Å². The molecule has 0 unspecified atom stereocenters. The number of phenols is 1. The highest BCUT2D eigenvalue weighted by Crippen LogP contribution is 2.34. The van der Waals surface area contributed by atoms with Crippen molar-refractivity contribution in [3.63, 3.8) is 0 Å². The average Bonchev–Trinajstić information content (AvgIpc) is 2.63. The largest absolute Gasteiger partial charge is 0.503 e. The third-order valence-corrected chi connectivity index (χ3v) is 3.44. The van der Waals surface area contributed by atoms with Gasteiger partial charge >= 0.3 is 11.8 Å². The number of ether oxygens (including phenoxy) is 1. The predicted octanol–water partition coefficient (Wildman–Crippen LogP) is 1.82. The first-order valence-electron chi connectivity index (χ1n) is 7.23. The summed E-state index contributed by atoms with van der Waals surface area (Å²) in [7, 11) is 1.38. The Hall–Kier alpha value is -3.06. The molecule has 2 amide bonds. The highest BCUT2D eigenvalue weighted by Gasteiger charge is 2.12. The molecule has 130 valence electrons. The predicted molar refractivity (Wildman–Crippen MR) is 93.7 cm³/mol. The summed E-state index contributed by atoms with van der Waals surface area (Å²) in [5, 5.41) is 15.9. The van der Waals surface area contributed by atoms with E-state index in [1.165, 1.54) is 25.5 Å². The van der Waals surface area contributed by atoms with Crippen LogP contribution in [0.15, 0.2) is 47.6 Å². The van der Waals surface area contributed by atoms with E-state index in [0.717, 1.165) is 5.56 Å². The molecule has 0 atom stereocenters. The molecular weight excluding hydrogens is 346 g/mol. The Morgan fingerprint density at radius 2 is 1.96 bits per heavy atom. The van der Waals surface area contributed by atoms with Gasteiger partial charge in [0.15, 0.2) is 11.5 Å². The summed E-state index contributed by atoms with van der Waals surface area (Å²) in [5.41, 5.74) is 3.46. The van der Waals surface area contributed by atoms with Crippen molar-refractivity contribution in [1.29, 1.82) is 0 Å². The van der Waals surface area contributed by atoms with E-state index in [1.807, 2.05) is 30.3 Å². The Bertz CT molecular complexity index is 794. The Morgan fingerprint density at radius 1 is 1.24 bits per heavy atom. The normalized spacial score (nSPS) is 10.5. The number of hydrazone groups is 1. The van der Waals surface area contributed by atoms with E-state index >= 15 is 0 Å². The van der Waals surface area contributed by atoms with Gasteiger partial charge in [-0.25, -0.2) is 5.43 Å². The summed E-state index contributed by atoms with van der Waals surface area (Å²) in [6, 6.07) is 12.1. The number of hydrogen-bond acceptors (Lipinski definition) is 5. The van der Waals surface area contributed by atoms with Gasteiger partial charge in [0, 0.05) is 6.54 Å². The van der Waals surface area contributed by atoms with E-state index in [9.17, 15) is 14.7 Å². The highest BCUT2D eigenvalue weighted by molar-refractivity contribution is 6.35. The van der Waals surface area contributed by atoms with Gasteiger partial charge in [0.2, 0.25) is 0 Å². The quantitative estimate of drug-likeness (QED) is 0.429. The number of benzene rings is 2. The second-order valence-corrected chi connectivity index (χ2v) is 5.33. The first kappa shape index (κ1) is 18.3. The van der Waals surface area contributed by atoms with Crippen LogP contribution in [0.4, 0.5) is 0 Å². The number of phenolic OH excluding ortho intramolecular Hbond substituents is 1. The van der Waals surface area contributed by atoms with Crippen LogP contribution in [0, 0.1) is 0 Å². The maximum Gasteiger partial charge on any atom is 0.329 e. The van der Waals surface area contributed by atoms with Crippen molar-refractivity contribution in [3.8, 4) is 11.5 Å². The molecule has 0 aromatic heterocycles. The van der Waals surface area contributed by atoms with Crippen LogP contribution in [0.5, 0.6) is 11.5 Å². The van der Waals surface area contributed by atoms with E-state index in [-0.39, 0.29) is 23.1 Å². The number of halogens is 1. The second-order valence-electron chi connectivity index (χ2n) is 4.92. The van der Waals surface area contributed by atoms with Crippen molar-refractivity contribution >= 4 is 29.6 Å². The maximum absolute atomic E-state index is 11.7. The fraction of sp³-hybridized carbons (Fsp3) is 0.118. The van der Waals surface area contributed by atoms with E-state index in [2.05, 4.69) is 15.8 Å². The van der Waals surface area contributed by atoms with Crippen molar-refractivity contribution in [1.82, 2.24) is 10.7 Å². The molecule has 3 N–H and O–H groups in total. The molecule has 0 radical (unpaired) electrons. The molecule has 0 fully saturated rings. The van der Waals surface area contributed by atoms with Crippen molar-refractivity contribution in [2.45, 2.75) is 6.54 Å². The van der Waals surface area contributed by atoms with E-state index in [4.69, 9.17) is 16.3 Å². The van der Waals surface area contributed by atoms with Crippen LogP contribution >= 0.6 is 11.6 Å². The molecule has 25 heavy (non-hydrogen) atoms. The minimum Gasteiger partial charge on any atom is -0.503 e. The SMILES string of the molecule is COc1cc(/C=N\NC(=O)C(=O)NCc2ccccc2)cc(Cl)c1O. The van der Waals surface area contributed by atoms with Crippen LogP contribution in [0.1, 0.15) is 11.1 Å². The number of aromatic hydroxyl groups is 1. The molecule has 0 saturated carbocycles. The molecule has 0 bridgehead atoms. The monoisotopic (exact) mass is 361 g/mol. The fourth-order valence-electron chi connectivity index (χ4n) is 1.90. The van der Waals surface area contributed by atoms with Gasteiger partial charge in [-0.3, -0.25) is 9.59 Å². The first-order chi connectivity index (χ1) is 12.0. The Kier molecular flexibility index (Phi) is 6.36. The van der Waals surface area contributed by atoms with E-state index < -0.39 is 11.8 Å². The number of nitrogens with one attached hydrogen (secondary N) is 2. The first-order valence-corrected chi connectivity index (χ1v) is 7.60. The lowest BCUT2D eigenvalue weighted by atomic mass is 10.2. The lowest BCUT2D eigenvalue weighted by Crippen LogP contribution is -2.37. The van der Waals surface area contributed by atoms with Gasteiger partial charge in [0.25, 0.3) is 0 Å². The number of rotatable bonds is 5. The zero-order valence-corrected chi connectivity index (χ0v) is 14.1. The molecule has 0 aliphatic rings. The number of carbonyl (C=O) groups excluding carboxylic acids is 2. The molecule has 0 saturated heterocycles. The van der Waals surface area contributed by atoms with Crippen molar-refractivity contribution in [2.75, 3.05) is 7.11 Å². The number of hydrogen-bond donors (Lipinski definition) is 3. The van der Waals surface area contributed by atoms with Gasteiger partial charge in [-0.05, 0) is 23.3 Å². The molecule has 2 aromatic rings. The van der Waals surface area contributed by atoms with E-state index in [1.54, 1.807) is 0 Å². The third-order valence-electron chi connectivity index (χ3n) is 3.15. The van der Waals surface area contributed by atoms with Crippen molar-refractivity contribution < 1.29 is 19.4 Å². The zero-order chi connectivity index (χ0) is 18.2. The number of carbonyl (C=O) groups is 2. The topological polar surface area (TPSA) is 100 Å². The number of methoxy groups -OCH3 is 1. The summed E-state index contributed by atoms with van der Waals surface area (Å²) >= 11 is 5.85. The Balaban J connectivity index is 1.89. The van der Waals surface area contributed by atoms with Crippen LogP contribution < -0.4 is 15.5 Å². The molecule has 8 heteroatoms. The summed E-state index contributed by atoms with van der Waals surface area (Å²) in [4.78, 5) is 23.4. The lowest BCUT2D eigenvalue weighted by Gasteiger charge is -2.06. The number of amides is 2. The van der Waals surface area contributed by atoms with Crippen molar-refractivity contribution in [3.05, 3.63) is 58.6 Å². The fourth-order valence-corrected chi connectivity index (χ4v) is 2.12. The minimum atomic E-state index is -0.899. The molecule has 0 heterocycles. The second kappa shape index (κ2) is 8.70. The minimum absolute atomic E-state index is 0.0766. The summed E-state index contributed by atoms with van der Waals surface area (Å²) in [6.45, 7) is 0.238. The molecular formula is C17H16ClN3O4. The smallest absolute Gasteiger partial charge is 0.329 e. The number of nitrogens with zero attached hydrogens (tertiary/aromatic N) is 1. The maximum atomic E-state index is 11.7. The molecule has 0 aliphatic heterocycles.